The summed E-state index contributed by atoms with van der Waals surface area (Å²) in [6, 6.07) is 6.07. The predicted molar refractivity (Wildman–Crippen MR) is 83.0 cm³/mol. The molecule has 1 fully saturated rings. The number of carboxylic acid groups (broad SMARTS) is 1. The van der Waals surface area contributed by atoms with Crippen molar-refractivity contribution in [3.8, 4) is 6.07 Å². The highest BCUT2D eigenvalue weighted by Gasteiger charge is 2.48. The van der Waals surface area contributed by atoms with Gasteiger partial charge in [0.2, 0.25) is 0 Å². The average Bonchev–Trinajstić information content (AvgIpc) is 2.58. The minimum Gasteiger partial charge on any atom is -0.468 e. The second kappa shape index (κ2) is 7.05. The van der Waals surface area contributed by atoms with Crippen LogP contribution in [0.2, 0.25) is 5.02 Å². The molecule has 6 nitrogen and oxygen atoms in total. The van der Waals surface area contributed by atoms with Crippen LogP contribution in [0, 0.1) is 23.1 Å². The Morgan fingerprint density at radius 1 is 1.46 bits per heavy atom. The molecule has 0 bridgehead atoms. The first-order chi connectivity index (χ1) is 11.4. The molecule has 1 aliphatic rings. The van der Waals surface area contributed by atoms with Gasteiger partial charge in [-0.15, -0.1) is 0 Å². The summed E-state index contributed by atoms with van der Waals surface area (Å²) in [4.78, 5) is 24.4. The number of hydrogen-bond donors (Lipinski definition) is 1. The Morgan fingerprint density at radius 2 is 2.08 bits per heavy atom. The van der Waals surface area contributed by atoms with Crippen molar-refractivity contribution in [2.75, 3.05) is 20.2 Å². The van der Waals surface area contributed by atoms with Crippen molar-refractivity contribution in [1.82, 2.24) is 4.90 Å². The number of benzene rings is 1. The molecule has 128 valence electrons. The van der Waals surface area contributed by atoms with Gasteiger partial charge < -0.3 is 14.7 Å². The summed E-state index contributed by atoms with van der Waals surface area (Å²) in [5.74, 6) is -2.55. The lowest BCUT2D eigenvalue weighted by atomic mass is 9.64. The molecule has 1 saturated heterocycles. The number of amides is 1. The molecule has 1 amide bonds. The molecule has 1 aromatic rings. The standard InChI is InChI=1S/C16H16ClFN2O4/c1-24-14(21)11(9-19)16(4-6-20(7-5-16)15(22)23)10-2-3-12(17)13(18)8-10/h2-3,8,11H,4-7H2,1H3,(H,22,23). The van der Waals surface area contributed by atoms with Crippen LogP contribution >= 0.6 is 11.6 Å². The first-order valence-electron chi connectivity index (χ1n) is 7.26. The lowest BCUT2D eigenvalue weighted by Crippen LogP contribution is -2.50. The van der Waals surface area contributed by atoms with Crippen molar-refractivity contribution in [2.24, 2.45) is 5.92 Å². The summed E-state index contributed by atoms with van der Waals surface area (Å²) < 4.78 is 18.6. The molecule has 1 unspecified atom stereocenters. The first kappa shape index (κ1) is 18.0. The van der Waals surface area contributed by atoms with Crippen LogP contribution in [0.5, 0.6) is 0 Å². The summed E-state index contributed by atoms with van der Waals surface area (Å²) >= 11 is 5.72. The number of carbonyl (C=O) groups is 2. The molecule has 1 heterocycles. The molecular weight excluding hydrogens is 339 g/mol. The fourth-order valence-electron chi connectivity index (χ4n) is 3.17. The first-order valence-corrected chi connectivity index (χ1v) is 7.64. The highest BCUT2D eigenvalue weighted by molar-refractivity contribution is 6.30. The van der Waals surface area contributed by atoms with E-state index in [-0.39, 0.29) is 31.0 Å². The molecule has 1 aliphatic heterocycles. The van der Waals surface area contributed by atoms with Gasteiger partial charge in [-0.05, 0) is 30.5 Å². The Labute approximate surface area is 143 Å². The van der Waals surface area contributed by atoms with Crippen molar-refractivity contribution in [2.45, 2.75) is 18.3 Å². The van der Waals surface area contributed by atoms with Crippen LogP contribution < -0.4 is 0 Å². The number of hydrogen-bond acceptors (Lipinski definition) is 4. The second-order valence-corrected chi connectivity index (χ2v) is 6.05. The van der Waals surface area contributed by atoms with E-state index in [1.54, 1.807) is 6.07 Å². The van der Waals surface area contributed by atoms with Crippen molar-refractivity contribution in [3.05, 3.63) is 34.6 Å². The zero-order valence-corrected chi connectivity index (χ0v) is 13.7. The molecule has 0 saturated carbocycles. The van der Waals surface area contributed by atoms with Crippen molar-refractivity contribution in [1.29, 1.82) is 5.26 Å². The summed E-state index contributed by atoms with van der Waals surface area (Å²) in [6.45, 7) is 0.267. The number of rotatable bonds is 3. The van der Waals surface area contributed by atoms with E-state index in [1.165, 1.54) is 24.1 Å². The number of methoxy groups -OCH3 is 1. The molecule has 1 aromatic carbocycles. The second-order valence-electron chi connectivity index (χ2n) is 5.64. The third-order valence-electron chi connectivity index (χ3n) is 4.54. The van der Waals surface area contributed by atoms with Gasteiger partial charge in [-0.2, -0.15) is 5.26 Å². The largest absolute Gasteiger partial charge is 0.468 e. The minimum atomic E-state index is -1.17. The van der Waals surface area contributed by atoms with Gasteiger partial charge in [0.1, 0.15) is 5.82 Å². The van der Waals surface area contributed by atoms with Crippen LogP contribution in [-0.2, 0) is 14.9 Å². The van der Waals surface area contributed by atoms with Gasteiger partial charge in [0.05, 0.1) is 18.2 Å². The van der Waals surface area contributed by atoms with E-state index < -0.39 is 29.2 Å². The Bertz CT molecular complexity index is 696. The van der Waals surface area contributed by atoms with Gasteiger partial charge in [0.15, 0.2) is 5.92 Å². The Balaban J connectivity index is 2.50. The third kappa shape index (κ3) is 3.15. The van der Waals surface area contributed by atoms with Gasteiger partial charge in [0.25, 0.3) is 0 Å². The molecule has 0 aromatic heterocycles. The molecule has 24 heavy (non-hydrogen) atoms. The molecule has 0 radical (unpaired) electrons. The maximum absolute atomic E-state index is 13.9. The molecular formula is C16H16ClFN2O4. The van der Waals surface area contributed by atoms with E-state index in [0.717, 1.165) is 0 Å². The third-order valence-corrected chi connectivity index (χ3v) is 4.85. The van der Waals surface area contributed by atoms with E-state index in [0.29, 0.717) is 5.56 Å². The van der Waals surface area contributed by atoms with Gasteiger partial charge in [-0.1, -0.05) is 17.7 Å². The average molecular weight is 355 g/mol. The highest BCUT2D eigenvalue weighted by atomic mass is 35.5. The van der Waals surface area contributed by atoms with Crippen LogP contribution in [0.15, 0.2) is 18.2 Å². The smallest absolute Gasteiger partial charge is 0.407 e. The maximum atomic E-state index is 13.9. The number of nitriles is 1. The zero-order valence-electron chi connectivity index (χ0n) is 13.0. The van der Waals surface area contributed by atoms with Gasteiger partial charge in [-0.25, -0.2) is 9.18 Å². The summed E-state index contributed by atoms with van der Waals surface area (Å²) in [5, 5.41) is 18.5. The van der Waals surface area contributed by atoms with Crippen LogP contribution in [0.4, 0.5) is 9.18 Å². The monoisotopic (exact) mass is 354 g/mol. The van der Waals surface area contributed by atoms with Crippen molar-refractivity contribution >= 4 is 23.7 Å². The van der Waals surface area contributed by atoms with Crippen LogP contribution in [-0.4, -0.2) is 42.3 Å². The van der Waals surface area contributed by atoms with Crippen LogP contribution in [0.3, 0.4) is 0 Å². The van der Waals surface area contributed by atoms with Crippen LogP contribution in [0.1, 0.15) is 18.4 Å². The SMILES string of the molecule is COC(=O)C(C#N)C1(c2ccc(Cl)c(F)c2)CCN(C(=O)O)CC1. The van der Waals surface area contributed by atoms with Gasteiger partial charge in [-0.3, -0.25) is 4.79 Å². The van der Waals surface area contributed by atoms with E-state index >= 15 is 0 Å². The van der Waals surface area contributed by atoms with E-state index in [9.17, 15) is 19.2 Å². The predicted octanol–water partition coefficient (Wildman–Crippen LogP) is 2.80. The number of nitrogens with zero attached hydrogens (tertiary/aromatic N) is 2. The molecule has 1 atom stereocenters. The van der Waals surface area contributed by atoms with E-state index in [1.807, 2.05) is 6.07 Å². The summed E-state index contributed by atoms with van der Waals surface area (Å²) in [6.07, 6.45) is -0.668. The summed E-state index contributed by atoms with van der Waals surface area (Å²) in [7, 11) is 1.18. The number of halogens is 2. The molecule has 1 N–H and O–H groups in total. The number of likely N-dealkylation sites (tertiary alicyclic amines) is 1. The Hall–Kier alpha value is -2.33. The maximum Gasteiger partial charge on any atom is 0.407 e. The molecule has 8 heteroatoms. The van der Waals surface area contributed by atoms with Gasteiger partial charge >= 0.3 is 12.1 Å². The van der Waals surface area contributed by atoms with Crippen molar-refractivity contribution in [3.63, 3.8) is 0 Å². The normalized spacial score (nSPS) is 17.7. The number of ether oxygens (including phenoxy) is 1. The lowest BCUT2D eigenvalue weighted by molar-refractivity contribution is -0.146. The van der Waals surface area contributed by atoms with Crippen molar-refractivity contribution < 1.29 is 23.8 Å². The highest BCUT2D eigenvalue weighted by Crippen LogP contribution is 2.43. The van der Waals surface area contributed by atoms with Crippen LogP contribution in [0.25, 0.3) is 0 Å². The topological polar surface area (TPSA) is 90.6 Å². The zero-order chi connectivity index (χ0) is 17.9. The lowest BCUT2D eigenvalue weighted by Gasteiger charge is -2.43. The van der Waals surface area contributed by atoms with Gasteiger partial charge in [0, 0.05) is 18.5 Å². The van der Waals surface area contributed by atoms with E-state index in [4.69, 9.17) is 21.4 Å². The van der Waals surface area contributed by atoms with E-state index in [2.05, 4.69) is 0 Å². The number of carbonyl (C=O) groups excluding carboxylic acids is 1. The fraction of sp³-hybridized carbons (Fsp3) is 0.438. The summed E-state index contributed by atoms with van der Waals surface area (Å²) in [5.41, 5.74) is -0.592. The molecule has 2 rings (SSSR count). The fourth-order valence-corrected chi connectivity index (χ4v) is 3.28. The molecule has 0 spiro atoms. The molecule has 0 aliphatic carbocycles. The quantitative estimate of drug-likeness (QED) is 0.843. The number of piperidine rings is 1. The Kier molecular flexibility index (Phi) is 5.30. The minimum absolute atomic E-state index is 0.0663. The number of esters is 1. The Morgan fingerprint density at radius 3 is 2.54 bits per heavy atom.